The molecule has 3 rings (SSSR count). The number of hydrogen-bond donors (Lipinski definition) is 1. The van der Waals surface area contributed by atoms with E-state index < -0.39 is 17.8 Å². The molecule has 1 saturated heterocycles. The Kier molecular flexibility index (Phi) is 8.35. The molecule has 0 spiro atoms. The Bertz CT molecular complexity index is 886. The predicted molar refractivity (Wildman–Crippen MR) is 116 cm³/mol. The number of carbonyl (C=O) groups excluding carboxylic acids is 1. The summed E-state index contributed by atoms with van der Waals surface area (Å²) in [5.74, 6) is 0.620. The van der Waals surface area contributed by atoms with E-state index in [1.54, 1.807) is 13.2 Å². The van der Waals surface area contributed by atoms with Crippen LogP contribution in [0.3, 0.4) is 0 Å². The van der Waals surface area contributed by atoms with Crippen molar-refractivity contribution < 1.29 is 27.4 Å². The second-order valence-corrected chi connectivity index (χ2v) is 7.51. The lowest BCUT2D eigenvalue weighted by Crippen LogP contribution is -2.40. The number of ether oxygens (including phenoxy) is 2. The maximum Gasteiger partial charge on any atom is 0.418 e. The number of benzene rings is 2. The number of anilines is 1. The molecule has 0 unspecified atom stereocenters. The molecule has 0 atom stereocenters. The number of nitrogens with zero attached hydrogens (tertiary/aromatic N) is 2. The number of para-hydroxylation sites is 2. The van der Waals surface area contributed by atoms with E-state index in [-0.39, 0.29) is 12.2 Å². The van der Waals surface area contributed by atoms with E-state index in [4.69, 9.17) is 9.47 Å². The van der Waals surface area contributed by atoms with E-state index >= 15 is 0 Å². The number of amides is 2. The highest BCUT2D eigenvalue weighted by Gasteiger charge is 2.34. The molecule has 1 aliphatic heterocycles. The van der Waals surface area contributed by atoms with Crippen LogP contribution in [0.25, 0.3) is 0 Å². The molecule has 2 aromatic rings. The molecule has 6 nitrogen and oxygen atoms in total. The van der Waals surface area contributed by atoms with Gasteiger partial charge in [0.2, 0.25) is 0 Å². The third-order valence-corrected chi connectivity index (χ3v) is 5.32. The zero-order valence-corrected chi connectivity index (χ0v) is 18.0. The summed E-state index contributed by atoms with van der Waals surface area (Å²) >= 11 is 0. The molecule has 1 heterocycles. The highest BCUT2D eigenvalue weighted by atomic mass is 19.4. The molecule has 1 N–H and O–H groups in total. The minimum atomic E-state index is -4.56. The normalized spacial score (nSPS) is 14.8. The van der Waals surface area contributed by atoms with Crippen LogP contribution in [0.2, 0.25) is 0 Å². The molecular formula is C23H28F3N3O3. The zero-order valence-electron chi connectivity index (χ0n) is 18.0. The van der Waals surface area contributed by atoms with Gasteiger partial charge in [0, 0.05) is 31.7 Å². The molecule has 1 aliphatic rings. The van der Waals surface area contributed by atoms with Crippen molar-refractivity contribution in [2.24, 2.45) is 0 Å². The van der Waals surface area contributed by atoms with Crippen LogP contribution in [0.5, 0.6) is 5.75 Å². The molecule has 0 aliphatic carbocycles. The fourth-order valence-corrected chi connectivity index (χ4v) is 3.64. The predicted octanol–water partition coefficient (Wildman–Crippen LogP) is 4.47. The van der Waals surface area contributed by atoms with Gasteiger partial charge >= 0.3 is 12.2 Å². The summed E-state index contributed by atoms with van der Waals surface area (Å²) in [5, 5.41) is 2.46. The minimum Gasteiger partial charge on any atom is -0.496 e. The van der Waals surface area contributed by atoms with Gasteiger partial charge in [0.05, 0.1) is 38.1 Å². The van der Waals surface area contributed by atoms with Gasteiger partial charge in [0.1, 0.15) is 5.75 Å². The molecule has 9 heteroatoms. The van der Waals surface area contributed by atoms with Crippen molar-refractivity contribution in [3.8, 4) is 5.75 Å². The van der Waals surface area contributed by atoms with Gasteiger partial charge in [-0.1, -0.05) is 30.3 Å². The van der Waals surface area contributed by atoms with Crippen molar-refractivity contribution in [1.82, 2.24) is 9.80 Å². The standard InChI is InChI=1S/C23H28F3N3O3/c1-31-21-10-5-2-7-18(21)17-29(12-6-11-28-13-15-32-16-14-28)22(30)27-20-9-4-3-8-19(20)23(24,25)26/h2-5,7-10H,6,11-17H2,1H3,(H,27,30). The number of hydrogen-bond acceptors (Lipinski definition) is 4. The summed E-state index contributed by atoms with van der Waals surface area (Å²) in [5.41, 5.74) is -0.359. The summed E-state index contributed by atoms with van der Waals surface area (Å²) in [6.07, 6.45) is -3.88. The van der Waals surface area contributed by atoms with Crippen molar-refractivity contribution in [2.45, 2.75) is 19.1 Å². The Morgan fingerprint density at radius 2 is 1.81 bits per heavy atom. The number of urea groups is 1. The summed E-state index contributed by atoms with van der Waals surface area (Å²) in [4.78, 5) is 16.8. The summed E-state index contributed by atoms with van der Waals surface area (Å²) in [6, 6.07) is 11.7. The highest BCUT2D eigenvalue weighted by Crippen LogP contribution is 2.34. The third-order valence-electron chi connectivity index (χ3n) is 5.32. The van der Waals surface area contributed by atoms with E-state index in [0.717, 1.165) is 31.3 Å². The van der Waals surface area contributed by atoms with Gasteiger partial charge in [0.25, 0.3) is 0 Å². The fourth-order valence-electron chi connectivity index (χ4n) is 3.64. The number of methoxy groups -OCH3 is 1. The lowest BCUT2D eigenvalue weighted by molar-refractivity contribution is -0.136. The first-order chi connectivity index (χ1) is 15.4. The number of halogens is 3. The molecule has 32 heavy (non-hydrogen) atoms. The first kappa shape index (κ1) is 23.9. The Morgan fingerprint density at radius 1 is 1.12 bits per heavy atom. The van der Waals surface area contributed by atoms with Crippen molar-refractivity contribution in [3.05, 3.63) is 59.7 Å². The smallest absolute Gasteiger partial charge is 0.418 e. The Morgan fingerprint density at radius 3 is 2.53 bits per heavy atom. The molecule has 0 aromatic heterocycles. The summed E-state index contributed by atoms with van der Waals surface area (Å²) < 4.78 is 50.8. The maximum absolute atomic E-state index is 13.4. The average Bonchev–Trinajstić information content (AvgIpc) is 2.79. The number of alkyl halides is 3. The monoisotopic (exact) mass is 451 g/mol. The van der Waals surface area contributed by atoms with Gasteiger partial charge < -0.3 is 19.7 Å². The van der Waals surface area contributed by atoms with E-state index in [1.165, 1.54) is 23.1 Å². The van der Waals surface area contributed by atoms with Crippen molar-refractivity contribution >= 4 is 11.7 Å². The molecule has 0 saturated carbocycles. The fraction of sp³-hybridized carbons (Fsp3) is 0.435. The van der Waals surface area contributed by atoms with Crippen LogP contribution in [0.4, 0.5) is 23.7 Å². The maximum atomic E-state index is 13.4. The first-order valence-electron chi connectivity index (χ1n) is 10.5. The van der Waals surface area contributed by atoms with Crippen LogP contribution >= 0.6 is 0 Å². The molecule has 0 bridgehead atoms. The molecule has 2 amide bonds. The number of carbonyl (C=O) groups is 1. The van der Waals surface area contributed by atoms with Crippen LogP contribution in [0, 0.1) is 0 Å². The second kappa shape index (κ2) is 11.2. The van der Waals surface area contributed by atoms with Gasteiger partial charge in [-0.05, 0) is 24.6 Å². The zero-order chi connectivity index (χ0) is 23.0. The second-order valence-electron chi connectivity index (χ2n) is 7.51. The van der Waals surface area contributed by atoms with Gasteiger partial charge in [-0.25, -0.2) is 4.79 Å². The lowest BCUT2D eigenvalue weighted by atomic mass is 10.1. The molecular weight excluding hydrogens is 423 g/mol. The van der Waals surface area contributed by atoms with Crippen LogP contribution in [-0.4, -0.2) is 62.3 Å². The quantitative estimate of drug-likeness (QED) is 0.644. The molecule has 2 aromatic carbocycles. The highest BCUT2D eigenvalue weighted by molar-refractivity contribution is 5.90. The molecule has 0 radical (unpaired) electrons. The largest absolute Gasteiger partial charge is 0.496 e. The summed E-state index contributed by atoms with van der Waals surface area (Å²) in [6.45, 7) is 4.40. The van der Waals surface area contributed by atoms with Crippen LogP contribution < -0.4 is 10.1 Å². The average molecular weight is 451 g/mol. The van der Waals surface area contributed by atoms with Gasteiger partial charge in [-0.15, -0.1) is 0 Å². The van der Waals surface area contributed by atoms with Crippen LogP contribution in [-0.2, 0) is 17.5 Å². The number of morpholine rings is 1. The number of rotatable bonds is 8. The van der Waals surface area contributed by atoms with E-state index in [0.29, 0.717) is 31.9 Å². The van der Waals surface area contributed by atoms with Crippen molar-refractivity contribution in [3.63, 3.8) is 0 Å². The van der Waals surface area contributed by atoms with Crippen LogP contribution in [0.1, 0.15) is 17.5 Å². The summed E-state index contributed by atoms with van der Waals surface area (Å²) in [7, 11) is 1.54. The Balaban J connectivity index is 1.74. The molecule has 1 fully saturated rings. The minimum absolute atomic E-state index is 0.215. The number of nitrogens with one attached hydrogen (secondary N) is 1. The van der Waals surface area contributed by atoms with E-state index in [9.17, 15) is 18.0 Å². The first-order valence-corrected chi connectivity index (χ1v) is 10.5. The van der Waals surface area contributed by atoms with E-state index in [2.05, 4.69) is 10.2 Å². The lowest BCUT2D eigenvalue weighted by Gasteiger charge is -2.29. The topological polar surface area (TPSA) is 54.0 Å². The Hall–Kier alpha value is -2.78. The van der Waals surface area contributed by atoms with Crippen molar-refractivity contribution in [1.29, 1.82) is 0 Å². The Labute approximate surface area is 185 Å². The third kappa shape index (κ3) is 6.61. The van der Waals surface area contributed by atoms with E-state index in [1.807, 2.05) is 18.2 Å². The molecule has 174 valence electrons. The van der Waals surface area contributed by atoms with Gasteiger partial charge in [-0.2, -0.15) is 13.2 Å². The van der Waals surface area contributed by atoms with Gasteiger partial charge in [-0.3, -0.25) is 4.90 Å². The SMILES string of the molecule is COc1ccccc1CN(CCCN1CCOCC1)C(=O)Nc1ccccc1C(F)(F)F. The van der Waals surface area contributed by atoms with Crippen molar-refractivity contribution in [2.75, 3.05) is 51.8 Å². The van der Waals surface area contributed by atoms with Gasteiger partial charge in [0.15, 0.2) is 0 Å². The van der Waals surface area contributed by atoms with Crippen LogP contribution in [0.15, 0.2) is 48.5 Å².